The van der Waals surface area contributed by atoms with Gasteiger partial charge in [-0.3, -0.25) is 0 Å². The van der Waals surface area contributed by atoms with E-state index < -0.39 is 17.5 Å². The Morgan fingerprint density at radius 1 is 1.35 bits per heavy atom. The first-order valence-corrected chi connectivity index (χ1v) is 6.78. The average molecular weight is 303 g/mol. The number of benzene rings is 1. The van der Waals surface area contributed by atoms with Crippen molar-refractivity contribution in [1.82, 2.24) is 10.6 Å². The normalized spacial score (nSPS) is 11.2. The van der Waals surface area contributed by atoms with Crippen molar-refractivity contribution in [2.75, 3.05) is 13.1 Å². The van der Waals surface area contributed by atoms with E-state index in [1.54, 1.807) is 32.9 Å². The fourth-order valence-electron chi connectivity index (χ4n) is 1.48. The molecule has 112 valence electrons. The Labute approximate surface area is 123 Å². The van der Waals surface area contributed by atoms with Gasteiger partial charge in [0.15, 0.2) is 0 Å². The Morgan fingerprint density at radius 2 is 2.05 bits per heavy atom. The molecular formula is C14H20ClFN2O2. The largest absolute Gasteiger partial charge is 0.444 e. The van der Waals surface area contributed by atoms with Crippen LogP contribution < -0.4 is 10.6 Å². The maximum Gasteiger partial charge on any atom is 0.407 e. The fraction of sp³-hybridized carbons (Fsp3) is 0.500. The van der Waals surface area contributed by atoms with Crippen molar-refractivity contribution in [2.24, 2.45) is 0 Å². The predicted molar refractivity (Wildman–Crippen MR) is 77.4 cm³/mol. The molecule has 2 N–H and O–H groups in total. The molecule has 0 fully saturated rings. The van der Waals surface area contributed by atoms with E-state index in [2.05, 4.69) is 10.6 Å². The van der Waals surface area contributed by atoms with Crippen LogP contribution in [-0.4, -0.2) is 24.8 Å². The molecule has 0 aromatic heterocycles. The number of hydrogen-bond acceptors (Lipinski definition) is 3. The van der Waals surface area contributed by atoms with Crippen molar-refractivity contribution in [1.29, 1.82) is 0 Å². The number of carbonyl (C=O) groups is 1. The molecule has 20 heavy (non-hydrogen) atoms. The van der Waals surface area contributed by atoms with Crippen LogP contribution in [0.4, 0.5) is 9.18 Å². The number of hydrogen-bond donors (Lipinski definition) is 2. The molecule has 0 bridgehead atoms. The summed E-state index contributed by atoms with van der Waals surface area (Å²) in [5.74, 6) is -0.415. The standard InChI is InChI=1S/C14H20ClFN2O2/c1-14(2,3)20-13(19)18-8-7-17-9-10-5-4-6-11(15)12(10)16/h4-6,17H,7-9H2,1-3H3,(H,18,19). The van der Waals surface area contributed by atoms with Gasteiger partial charge in [0.25, 0.3) is 0 Å². The van der Waals surface area contributed by atoms with Crippen LogP contribution in [0.15, 0.2) is 18.2 Å². The van der Waals surface area contributed by atoms with Crippen molar-refractivity contribution in [3.05, 3.63) is 34.6 Å². The molecule has 1 aromatic rings. The Balaban J connectivity index is 2.23. The number of ether oxygens (including phenoxy) is 1. The highest BCUT2D eigenvalue weighted by Crippen LogP contribution is 2.17. The van der Waals surface area contributed by atoms with E-state index in [1.165, 1.54) is 6.07 Å². The number of amides is 1. The summed E-state index contributed by atoms with van der Waals surface area (Å²) in [4.78, 5) is 11.4. The number of halogens is 2. The van der Waals surface area contributed by atoms with Crippen LogP contribution in [0.1, 0.15) is 26.3 Å². The van der Waals surface area contributed by atoms with E-state index >= 15 is 0 Å². The minimum absolute atomic E-state index is 0.108. The Kier molecular flexibility index (Phi) is 6.23. The van der Waals surface area contributed by atoms with Crippen LogP contribution in [0.5, 0.6) is 0 Å². The van der Waals surface area contributed by atoms with Crippen molar-refractivity contribution in [2.45, 2.75) is 32.9 Å². The molecule has 0 aliphatic carbocycles. The van der Waals surface area contributed by atoms with Crippen molar-refractivity contribution < 1.29 is 13.9 Å². The molecule has 6 heteroatoms. The third-order valence-electron chi connectivity index (χ3n) is 2.32. The van der Waals surface area contributed by atoms with Gasteiger partial charge in [-0.1, -0.05) is 23.7 Å². The lowest BCUT2D eigenvalue weighted by atomic mass is 10.2. The number of rotatable bonds is 5. The summed E-state index contributed by atoms with van der Waals surface area (Å²) in [6.07, 6.45) is -0.465. The minimum atomic E-state index is -0.512. The number of carbonyl (C=O) groups excluding carboxylic acids is 1. The van der Waals surface area contributed by atoms with Gasteiger partial charge in [0.2, 0.25) is 0 Å². The lowest BCUT2D eigenvalue weighted by Crippen LogP contribution is -2.36. The smallest absolute Gasteiger partial charge is 0.407 e. The predicted octanol–water partition coefficient (Wildman–Crippen LogP) is 3.09. The van der Waals surface area contributed by atoms with Gasteiger partial charge < -0.3 is 15.4 Å². The second kappa shape index (κ2) is 7.45. The zero-order chi connectivity index (χ0) is 15.2. The van der Waals surface area contributed by atoms with Crippen LogP contribution in [0.3, 0.4) is 0 Å². The lowest BCUT2D eigenvalue weighted by Gasteiger charge is -2.19. The molecular weight excluding hydrogens is 283 g/mol. The summed E-state index contributed by atoms with van der Waals surface area (Å²) in [5.41, 5.74) is -0.0173. The Hall–Kier alpha value is -1.33. The molecule has 0 spiro atoms. The maximum absolute atomic E-state index is 13.6. The second-order valence-electron chi connectivity index (χ2n) is 5.32. The van der Waals surface area contributed by atoms with Gasteiger partial charge in [-0.25, -0.2) is 9.18 Å². The molecule has 0 saturated carbocycles. The third-order valence-corrected chi connectivity index (χ3v) is 2.61. The molecule has 1 rings (SSSR count). The van der Waals surface area contributed by atoms with Crippen LogP contribution in [0, 0.1) is 5.82 Å². The lowest BCUT2D eigenvalue weighted by molar-refractivity contribution is 0.0528. The summed E-state index contributed by atoms with van der Waals surface area (Å²) in [6.45, 7) is 6.65. The first-order chi connectivity index (χ1) is 9.29. The SMILES string of the molecule is CC(C)(C)OC(=O)NCCNCc1cccc(Cl)c1F. The summed E-state index contributed by atoms with van der Waals surface area (Å²) < 4.78 is 18.6. The van der Waals surface area contributed by atoms with E-state index in [0.29, 0.717) is 25.2 Å². The summed E-state index contributed by atoms with van der Waals surface area (Å²) in [5, 5.41) is 5.73. The first-order valence-electron chi connectivity index (χ1n) is 6.40. The highest BCUT2D eigenvalue weighted by molar-refractivity contribution is 6.30. The molecule has 0 unspecified atom stereocenters. The van der Waals surface area contributed by atoms with Crippen molar-refractivity contribution >= 4 is 17.7 Å². The van der Waals surface area contributed by atoms with Gasteiger partial charge in [0.05, 0.1) is 5.02 Å². The van der Waals surface area contributed by atoms with Crippen LogP contribution in [-0.2, 0) is 11.3 Å². The summed E-state index contributed by atoms with van der Waals surface area (Å²) in [6, 6.07) is 4.86. The van der Waals surface area contributed by atoms with E-state index in [-0.39, 0.29) is 5.02 Å². The average Bonchev–Trinajstić information content (AvgIpc) is 2.31. The molecule has 1 amide bonds. The fourth-order valence-corrected chi connectivity index (χ4v) is 1.67. The molecule has 0 aliphatic heterocycles. The third kappa shape index (κ3) is 6.21. The first kappa shape index (κ1) is 16.7. The van der Waals surface area contributed by atoms with Crippen molar-refractivity contribution in [3.8, 4) is 0 Å². The number of alkyl carbamates (subject to hydrolysis) is 1. The molecule has 0 heterocycles. The molecule has 1 aromatic carbocycles. The molecule has 4 nitrogen and oxygen atoms in total. The number of nitrogens with one attached hydrogen (secondary N) is 2. The summed E-state index contributed by atoms with van der Waals surface area (Å²) >= 11 is 5.68. The zero-order valence-electron chi connectivity index (χ0n) is 11.9. The zero-order valence-corrected chi connectivity index (χ0v) is 12.7. The molecule has 0 radical (unpaired) electrons. The quantitative estimate of drug-likeness (QED) is 0.822. The topological polar surface area (TPSA) is 50.4 Å². The summed E-state index contributed by atoms with van der Waals surface area (Å²) in [7, 11) is 0. The van der Waals surface area contributed by atoms with Gasteiger partial charge in [0, 0.05) is 25.2 Å². The highest BCUT2D eigenvalue weighted by Gasteiger charge is 2.15. The van der Waals surface area contributed by atoms with Crippen LogP contribution in [0.2, 0.25) is 5.02 Å². The monoisotopic (exact) mass is 302 g/mol. The van der Waals surface area contributed by atoms with Crippen molar-refractivity contribution in [3.63, 3.8) is 0 Å². The van der Waals surface area contributed by atoms with Crippen LogP contribution in [0.25, 0.3) is 0 Å². The van der Waals surface area contributed by atoms with E-state index in [1.807, 2.05) is 0 Å². The molecule has 0 atom stereocenters. The maximum atomic E-state index is 13.6. The van der Waals surface area contributed by atoms with E-state index in [9.17, 15) is 9.18 Å². The highest BCUT2D eigenvalue weighted by atomic mass is 35.5. The van der Waals surface area contributed by atoms with Gasteiger partial charge in [0.1, 0.15) is 11.4 Å². The Bertz CT molecular complexity index is 461. The van der Waals surface area contributed by atoms with Gasteiger partial charge >= 0.3 is 6.09 Å². The van der Waals surface area contributed by atoms with Gasteiger partial charge in [-0.15, -0.1) is 0 Å². The van der Waals surface area contributed by atoms with E-state index in [4.69, 9.17) is 16.3 Å². The van der Waals surface area contributed by atoms with E-state index in [0.717, 1.165) is 0 Å². The Morgan fingerprint density at radius 3 is 2.70 bits per heavy atom. The van der Waals surface area contributed by atoms with Gasteiger partial charge in [-0.05, 0) is 26.8 Å². The van der Waals surface area contributed by atoms with Gasteiger partial charge in [-0.2, -0.15) is 0 Å². The molecule has 0 aliphatic rings. The minimum Gasteiger partial charge on any atom is -0.444 e. The second-order valence-corrected chi connectivity index (χ2v) is 5.73. The van der Waals surface area contributed by atoms with Crippen LogP contribution >= 0.6 is 11.6 Å². The molecule has 0 saturated heterocycles.